The first-order valence-electron chi connectivity index (χ1n) is 10.8. The first-order chi connectivity index (χ1) is 15.5. The number of carbonyl (C=O) groups excluding carboxylic acids is 1. The van der Waals surface area contributed by atoms with Gasteiger partial charge in [-0.1, -0.05) is 0 Å². The molecule has 0 saturated carbocycles. The van der Waals surface area contributed by atoms with Crippen LogP contribution in [0.25, 0.3) is 0 Å². The number of ether oxygens (including phenoxy) is 2. The summed E-state index contributed by atoms with van der Waals surface area (Å²) in [6.45, 7) is 4.24. The highest BCUT2D eigenvalue weighted by atomic mass is 32.2. The SMILES string of the molecule is Cc1ncc(C(=O)OC2CN(c3nc4c(c(N(C)C5CCOCC5)n3)S(=O)CC4)C2)cn1. The number of fused-ring (bicyclic) bond motifs is 1. The molecule has 0 aromatic carbocycles. The first-order valence-corrected chi connectivity index (χ1v) is 12.2. The molecule has 10 nitrogen and oxygen atoms in total. The predicted octanol–water partition coefficient (Wildman–Crippen LogP) is 0.900. The van der Waals surface area contributed by atoms with Crippen molar-refractivity contribution in [3.8, 4) is 0 Å². The second kappa shape index (κ2) is 8.70. The van der Waals surface area contributed by atoms with Crippen LogP contribution in [0.4, 0.5) is 11.8 Å². The van der Waals surface area contributed by atoms with E-state index < -0.39 is 16.8 Å². The molecular formula is C21H26N6O4S. The molecule has 170 valence electrons. The van der Waals surface area contributed by atoms with Crippen molar-refractivity contribution in [1.29, 1.82) is 0 Å². The van der Waals surface area contributed by atoms with E-state index in [1.54, 1.807) is 6.92 Å². The number of esters is 1. The van der Waals surface area contributed by atoms with E-state index in [-0.39, 0.29) is 6.10 Å². The maximum absolute atomic E-state index is 12.7. The smallest absolute Gasteiger partial charge is 0.341 e. The van der Waals surface area contributed by atoms with Crippen LogP contribution in [0.2, 0.25) is 0 Å². The Hall–Kier alpha value is -2.66. The van der Waals surface area contributed by atoms with Crippen LogP contribution in [0, 0.1) is 6.92 Å². The van der Waals surface area contributed by atoms with Crippen LogP contribution >= 0.6 is 0 Å². The second-order valence-electron chi connectivity index (χ2n) is 8.33. The number of anilines is 2. The predicted molar refractivity (Wildman–Crippen MR) is 117 cm³/mol. The van der Waals surface area contributed by atoms with Gasteiger partial charge in [0.05, 0.1) is 35.1 Å². The Morgan fingerprint density at radius 3 is 2.66 bits per heavy atom. The maximum Gasteiger partial charge on any atom is 0.341 e. The molecule has 2 fully saturated rings. The van der Waals surface area contributed by atoms with E-state index >= 15 is 0 Å². The van der Waals surface area contributed by atoms with Crippen LogP contribution in [0.5, 0.6) is 0 Å². The van der Waals surface area contributed by atoms with Crippen LogP contribution < -0.4 is 9.80 Å². The topological polar surface area (TPSA) is 111 Å². The van der Waals surface area contributed by atoms with Gasteiger partial charge >= 0.3 is 5.97 Å². The lowest BCUT2D eigenvalue weighted by Crippen LogP contribution is -2.54. The van der Waals surface area contributed by atoms with E-state index in [2.05, 4.69) is 14.9 Å². The molecule has 0 radical (unpaired) electrons. The van der Waals surface area contributed by atoms with Crippen LogP contribution in [-0.2, 0) is 26.7 Å². The molecule has 5 rings (SSSR count). The van der Waals surface area contributed by atoms with Gasteiger partial charge < -0.3 is 19.3 Å². The fourth-order valence-electron chi connectivity index (χ4n) is 4.18. The van der Waals surface area contributed by atoms with Crippen LogP contribution in [0.1, 0.15) is 34.7 Å². The van der Waals surface area contributed by atoms with Gasteiger partial charge in [0, 0.05) is 50.9 Å². The highest BCUT2D eigenvalue weighted by Crippen LogP contribution is 2.34. The van der Waals surface area contributed by atoms with Gasteiger partial charge in [-0.3, -0.25) is 4.21 Å². The van der Waals surface area contributed by atoms with Crippen LogP contribution in [0.15, 0.2) is 17.3 Å². The lowest BCUT2D eigenvalue weighted by atomic mass is 10.1. The summed E-state index contributed by atoms with van der Waals surface area (Å²) in [5.41, 5.74) is 1.20. The van der Waals surface area contributed by atoms with Gasteiger partial charge in [0.25, 0.3) is 0 Å². The average molecular weight is 459 g/mol. The lowest BCUT2D eigenvalue weighted by Gasteiger charge is -2.39. The molecule has 2 saturated heterocycles. The minimum atomic E-state index is -1.08. The highest BCUT2D eigenvalue weighted by molar-refractivity contribution is 7.85. The van der Waals surface area contributed by atoms with Crippen molar-refractivity contribution in [3.63, 3.8) is 0 Å². The zero-order chi connectivity index (χ0) is 22.2. The molecule has 0 aliphatic carbocycles. The Bertz CT molecular complexity index is 1040. The summed E-state index contributed by atoms with van der Waals surface area (Å²) in [6, 6.07) is 0.301. The molecule has 1 unspecified atom stereocenters. The maximum atomic E-state index is 12.7. The van der Waals surface area contributed by atoms with Crippen molar-refractivity contribution in [1.82, 2.24) is 19.9 Å². The summed E-state index contributed by atoms with van der Waals surface area (Å²) in [5, 5.41) is 0. The Morgan fingerprint density at radius 1 is 1.22 bits per heavy atom. The Kier molecular flexibility index (Phi) is 5.76. The van der Waals surface area contributed by atoms with Crippen molar-refractivity contribution in [2.45, 2.75) is 43.2 Å². The fourth-order valence-corrected chi connectivity index (χ4v) is 5.57. The molecule has 11 heteroatoms. The molecule has 5 heterocycles. The lowest BCUT2D eigenvalue weighted by molar-refractivity contribution is 0.0230. The molecular weight excluding hydrogens is 432 g/mol. The largest absolute Gasteiger partial charge is 0.455 e. The molecule has 0 amide bonds. The molecule has 0 N–H and O–H groups in total. The van der Waals surface area contributed by atoms with Crippen molar-refractivity contribution in [3.05, 3.63) is 29.5 Å². The van der Waals surface area contributed by atoms with Gasteiger partial charge in [-0.15, -0.1) is 0 Å². The average Bonchev–Trinajstić information content (AvgIpc) is 3.16. The summed E-state index contributed by atoms with van der Waals surface area (Å²) in [6.07, 6.45) is 5.23. The quantitative estimate of drug-likeness (QED) is 0.599. The Morgan fingerprint density at radius 2 is 1.94 bits per heavy atom. The number of hydrogen-bond donors (Lipinski definition) is 0. The van der Waals surface area contributed by atoms with E-state index in [9.17, 15) is 9.00 Å². The zero-order valence-corrected chi connectivity index (χ0v) is 19.0. The fraction of sp³-hybridized carbons (Fsp3) is 0.571. The van der Waals surface area contributed by atoms with Crippen molar-refractivity contribution in [2.75, 3.05) is 48.9 Å². The van der Waals surface area contributed by atoms with E-state index in [4.69, 9.17) is 19.4 Å². The van der Waals surface area contributed by atoms with Gasteiger partial charge in [-0.25, -0.2) is 19.7 Å². The van der Waals surface area contributed by atoms with E-state index in [1.165, 1.54) is 12.4 Å². The third kappa shape index (κ3) is 4.06. The minimum Gasteiger partial charge on any atom is -0.455 e. The normalized spacial score (nSPS) is 21.2. The number of nitrogens with zero attached hydrogens (tertiary/aromatic N) is 6. The molecule has 1 atom stereocenters. The van der Waals surface area contributed by atoms with Crippen molar-refractivity contribution < 1.29 is 18.5 Å². The molecule has 2 aromatic heterocycles. The van der Waals surface area contributed by atoms with Crippen LogP contribution in [-0.4, -0.2) is 81.4 Å². The third-order valence-corrected chi connectivity index (χ3v) is 7.60. The van der Waals surface area contributed by atoms with E-state index in [1.807, 2.05) is 11.9 Å². The summed E-state index contributed by atoms with van der Waals surface area (Å²) in [7, 11) is 0.941. The van der Waals surface area contributed by atoms with Gasteiger partial charge in [0.2, 0.25) is 5.95 Å². The van der Waals surface area contributed by atoms with Gasteiger partial charge in [0.1, 0.15) is 16.8 Å². The first kappa shape index (κ1) is 21.2. The molecule has 3 aliphatic rings. The summed E-state index contributed by atoms with van der Waals surface area (Å²) in [4.78, 5) is 34.8. The molecule has 0 bridgehead atoms. The van der Waals surface area contributed by atoms with E-state index in [0.717, 1.165) is 42.5 Å². The Balaban J connectivity index is 1.30. The van der Waals surface area contributed by atoms with Crippen molar-refractivity contribution in [2.24, 2.45) is 0 Å². The summed E-state index contributed by atoms with van der Waals surface area (Å²) >= 11 is 0. The van der Waals surface area contributed by atoms with Crippen molar-refractivity contribution >= 4 is 28.5 Å². The monoisotopic (exact) mass is 458 g/mol. The van der Waals surface area contributed by atoms with Gasteiger partial charge in [0.15, 0.2) is 5.82 Å². The summed E-state index contributed by atoms with van der Waals surface area (Å²) < 4.78 is 23.7. The summed E-state index contributed by atoms with van der Waals surface area (Å²) in [5.74, 6) is 2.11. The second-order valence-corrected chi connectivity index (χ2v) is 9.84. The highest BCUT2D eigenvalue weighted by Gasteiger charge is 2.36. The van der Waals surface area contributed by atoms with E-state index in [0.29, 0.717) is 48.6 Å². The molecule has 2 aromatic rings. The third-order valence-electron chi connectivity index (χ3n) is 6.15. The van der Waals surface area contributed by atoms with Crippen LogP contribution in [0.3, 0.4) is 0 Å². The zero-order valence-electron chi connectivity index (χ0n) is 18.2. The number of rotatable bonds is 5. The number of hydrogen-bond acceptors (Lipinski definition) is 10. The number of aryl methyl sites for hydroxylation is 2. The molecule has 3 aliphatic heterocycles. The van der Waals surface area contributed by atoms with Gasteiger partial charge in [-0.05, 0) is 19.8 Å². The standard InChI is InChI=1S/C21H26N6O4S/c1-13-22-9-14(10-23-13)20(28)31-16-11-27(12-16)21-24-17-5-8-32(29)18(17)19(25-21)26(2)15-3-6-30-7-4-15/h9-10,15-16H,3-8,11-12H2,1-2H3. The minimum absolute atomic E-state index is 0.244. The molecule has 0 spiro atoms. The Labute approximate surface area is 188 Å². The number of carbonyl (C=O) groups is 1. The number of aromatic nitrogens is 4. The van der Waals surface area contributed by atoms with Gasteiger partial charge in [-0.2, -0.15) is 4.98 Å². The molecule has 32 heavy (non-hydrogen) atoms.